The van der Waals surface area contributed by atoms with Gasteiger partial charge in [-0.1, -0.05) is 24.3 Å². The molecule has 0 radical (unpaired) electrons. The predicted octanol–water partition coefficient (Wildman–Crippen LogP) is 4.37. The summed E-state index contributed by atoms with van der Waals surface area (Å²) in [7, 11) is 0. The van der Waals surface area contributed by atoms with Crippen molar-refractivity contribution in [2.45, 2.75) is 17.3 Å². The molecule has 18 heavy (non-hydrogen) atoms. The fourth-order valence-electron chi connectivity index (χ4n) is 1.55. The maximum absolute atomic E-state index is 13.3. The van der Waals surface area contributed by atoms with Gasteiger partial charge in [-0.3, -0.25) is 0 Å². The van der Waals surface area contributed by atoms with Gasteiger partial charge in [-0.05, 0) is 45.3 Å². The van der Waals surface area contributed by atoms with Crippen molar-refractivity contribution >= 4 is 27.7 Å². The van der Waals surface area contributed by atoms with E-state index in [9.17, 15) is 4.39 Å². The second kappa shape index (κ2) is 6.36. The molecule has 1 N–H and O–H groups in total. The topological polar surface area (TPSA) is 20.2 Å². The summed E-state index contributed by atoms with van der Waals surface area (Å²) in [5.74, 6) is 0.449. The van der Waals surface area contributed by atoms with Gasteiger partial charge in [-0.2, -0.15) is 0 Å². The van der Waals surface area contributed by atoms with Crippen LogP contribution in [0, 0.1) is 5.82 Å². The van der Waals surface area contributed by atoms with Crippen molar-refractivity contribution in [2.24, 2.45) is 0 Å². The lowest BCUT2D eigenvalue weighted by Gasteiger charge is -2.06. The Hall–Kier alpha value is -0.840. The molecule has 0 amide bonds. The summed E-state index contributed by atoms with van der Waals surface area (Å²) >= 11 is 4.87. The fourth-order valence-corrected chi connectivity index (χ4v) is 3.12. The highest BCUT2D eigenvalue weighted by molar-refractivity contribution is 9.10. The summed E-state index contributed by atoms with van der Waals surface area (Å²) < 4.78 is 13.9. The zero-order valence-electron chi connectivity index (χ0n) is 9.57. The van der Waals surface area contributed by atoms with E-state index in [1.807, 2.05) is 30.3 Å². The lowest BCUT2D eigenvalue weighted by Crippen LogP contribution is -1.87. The van der Waals surface area contributed by atoms with E-state index in [0.717, 1.165) is 16.0 Å². The van der Waals surface area contributed by atoms with E-state index in [2.05, 4.69) is 15.9 Å². The van der Waals surface area contributed by atoms with Crippen LogP contribution in [-0.4, -0.2) is 5.11 Å². The summed E-state index contributed by atoms with van der Waals surface area (Å²) in [5.41, 5.74) is 1.81. The molecule has 0 saturated carbocycles. The van der Waals surface area contributed by atoms with Gasteiger partial charge in [-0.25, -0.2) is 4.39 Å². The molecular weight excluding hydrogens is 315 g/mol. The van der Waals surface area contributed by atoms with Crippen molar-refractivity contribution in [2.75, 3.05) is 0 Å². The van der Waals surface area contributed by atoms with Crippen LogP contribution < -0.4 is 0 Å². The maximum Gasteiger partial charge on any atom is 0.137 e. The molecule has 0 aliphatic heterocycles. The highest BCUT2D eigenvalue weighted by Gasteiger charge is 2.05. The third kappa shape index (κ3) is 3.34. The van der Waals surface area contributed by atoms with Gasteiger partial charge in [0.15, 0.2) is 0 Å². The Balaban J connectivity index is 2.09. The third-order valence-electron chi connectivity index (χ3n) is 2.51. The van der Waals surface area contributed by atoms with Gasteiger partial charge in [0.1, 0.15) is 5.82 Å². The number of hydrogen-bond donors (Lipinski definition) is 1. The van der Waals surface area contributed by atoms with Crippen LogP contribution >= 0.6 is 27.7 Å². The normalized spacial score (nSPS) is 10.6. The fraction of sp³-hybridized carbons (Fsp3) is 0.143. The zero-order valence-corrected chi connectivity index (χ0v) is 12.0. The van der Waals surface area contributed by atoms with E-state index < -0.39 is 0 Å². The first-order valence-corrected chi connectivity index (χ1v) is 7.24. The van der Waals surface area contributed by atoms with Crippen LogP contribution in [0.5, 0.6) is 0 Å². The third-order valence-corrected chi connectivity index (χ3v) is 4.44. The number of rotatable bonds is 4. The number of aliphatic hydroxyl groups excluding tert-OH is 1. The first kappa shape index (κ1) is 13.6. The minimum atomic E-state index is -0.239. The molecule has 2 aromatic carbocycles. The molecule has 0 heterocycles. The summed E-state index contributed by atoms with van der Waals surface area (Å²) in [5, 5.41) is 9.06. The number of aliphatic hydroxyl groups is 1. The van der Waals surface area contributed by atoms with Crippen molar-refractivity contribution in [3.63, 3.8) is 0 Å². The smallest absolute Gasteiger partial charge is 0.137 e. The Morgan fingerprint density at radius 2 is 1.94 bits per heavy atom. The lowest BCUT2D eigenvalue weighted by atomic mass is 10.2. The number of benzene rings is 2. The van der Waals surface area contributed by atoms with Gasteiger partial charge in [0, 0.05) is 10.6 Å². The minimum Gasteiger partial charge on any atom is -0.392 e. The van der Waals surface area contributed by atoms with Gasteiger partial charge in [0.2, 0.25) is 0 Å². The molecule has 0 unspecified atom stereocenters. The van der Waals surface area contributed by atoms with E-state index in [1.165, 1.54) is 6.07 Å². The zero-order chi connectivity index (χ0) is 13.0. The predicted molar refractivity (Wildman–Crippen MR) is 76.0 cm³/mol. The Morgan fingerprint density at radius 1 is 1.17 bits per heavy atom. The van der Waals surface area contributed by atoms with Crippen LogP contribution in [0.1, 0.15) is 11.1 Å². The Morgan fingerprint density at radius 3 is 2.72 bits per heavy atom. The molecule has 94 valence electrons. The molecule has 0 spiro atoms. The molecule has 0 aliphatic carbocycles. The van der Waals surface area contributed by atoms with Crippen LogP contribution in [0.15, 0.2) is 51.8 Å². The van der Waals surface area contributed by atoms with E-state index in [4.69, 9.17) is 5.11 Å². The Bertz CT molecular complexity index is 545. The summed E-state index contributed by atoms with van der Waals surface area (Å²) in [4.78, 5) is 1.07. The summed E-state index contributed by atoms with van der Waals surface area (Å²) in [6.07, 6.45) is 0. The van der Waals surface area contributed by atoms with Crippen LogP contribution in [0.4, 0.5) is 4.39 Å². The molecule has 0 bridgehead atoms. The van der Waals surface area contributed by atoms with E-state index in [1.54, 1.807) is 17.8 Å². The monoisotopic (exact) mass is 326 g/mol. The largest absolute Gasteiger partial charge is 0.392 e. The Labute approximate surface area is 118 Å². The molecule has 2 rings (SSSR count). The van der Waals surface area contributed by atoms with E-state index in [-0.39, 0.29) is 12.4 Å². The standard InChI is InChI=1S/C14H12BrFOS/c15-14-11(4-2-6-13(14)16)9-18-12-5-1-3-10(7-12)8-17/h1-7,17H,8-9H2. The molecular formula is C14H12BrFOS. The molecule has 2 aromatic rings. The average Bonchev–Trinajstić information content (AvgIpc) is 2.41. The van der Waals surface area contributed by atoms with Crippen LogP contribution in [0.25, 0.3) is 0 Å². The average molecular weight is 327 g/mol. The molecule has 4 heteroatoms. The first-order chi connectivity index (χ1) is 8.70. The SMILES string of the molecule is OCc1cccc(SCc2cccc(F)c2Br)c1. The lowest BCUT2D eigenvalue weighted by molar-refractivity contribution is 0.281. The highest BCUT2D eigenvalue weighted by atomic mass is 79.9. The molecule has 1 nitrogen and oxygen atoms in total. The van der Waals surface area contributed by atoms with Crippen molar-refractivity contribution < 1.29 is 9.50 Å². The van der Waals surface area contributed by atoms with Gasteiger partial charge in [0.25, 0.3) is 0 Å². The first-order valence-electron chi connectivity index (χ1n) is 5.46. The minimum absolute atomic E-state index is 0.0397. The van der Waals surface area contributed by atoms with Crippen LogP contribution in [-0.2, 0) is 12.4 Å². The van der Waals surface area contributed by atoms with Crippen molar-refractivity contribution in [3.8, 4) is 0 Å². The molecule has 0 aromatic heterocycles. The van der Waals surface area contributed by atoms with Crippen molar-refractivity contribution in [1.29, 1.82) is 0 Å². The summed E-state index contributed by atoms with van der Waals surface area (Å²) in [6.45, 7) is 0.0397. The molecule has 0 saturated heterocycles. The van der Waals surface area contributed by atoms with Crippen molar-refractivity contribution in [3.05, 3.63) is 63.9 Å². The summed E-state index contributed by atoms with van der Waals surface area (Å²) in [6, 6.07) is 12.8. The molecule has 0 aliphatic rings. The Kier molecular flexibility index (Phi) is 4.80. The second-order valence-corrected chi connectivity index (χ2v) is 5.65. The highest BCUT2D eigenvalue weighted by Crippen LogP contribution is 2.28. The van der Waals surface area contributed by atoms with Crippen LogP contribution in [0.3, 0.4) is 0 Å². The van der Waals surface area contributed by atoms with E-state index in [0.29, 0.717) is 10.2 Å². The number of halogens is 2. The van der Waals surface area contributed by atoms with Gasteiger partial charge < -0.3 is 5.11 Å². The van der Waals surface area contributed by atoms with Gasteiger partial charge in [-0.15, -0.1) is 11.8 Å². The maximum atomic E-state index is 13.3. The van der Waals surface area contributed by atoms with Crippen LogP contribution in [0.2, 0.25) is 0 Å². The number of thioether (sulfide) groups is 1. The van der Waals surface area contributed by atoms with Gasteiger partial charge in [0.05, 0.1) is 11.1 Å². The molecule has 0 atom stereocenters. The van der Waals surface area contributed by atoms with Gasteiger partial charge >= 0.3 is 0 Å². The van der Waals surface area contributed by atoms with E-state index >= 15 is 0 Å². The quantitative estimate of drug-likeness (QED) is 0.842. The molecule has 0 fully saturated rings. The second-order valence-electron chi connectivity index (χ2n) is 3.81. The number of hydrogen-bond acceptors (Lipinski definition) is 2. The van der Waals surface area contributed by atoms with Crippen molar-refractivity contribution in [1.82, 2.24) is 0 Å².